The van der Waals surface area contributed by atoms with Crippen LogP contribution in [0.3, 0.4) is 0 Å². The molecule has 4 heteroatoms. The van der Waals surface area contributed by atoms with Gasteiger partial charge >= 0.3 is 0 Å². The Hall–Kier alpha value is -1.58. The van der Waals surface area contributed by atoms with Gasteiger partial charge in [0.1, 0.15) is 11.6 Å². The van der Waals surface area contributed by atoms with Crippen LogP contribution in [0.1, 0.15) is 18.3 Å². The molecule has 2 heterocycles. The van der Waals surface area contributed by atoms with Gasteiger partial charge in [-0.3, -0.25) is 0 Å². The van der Waals surface area contributed by atoms with Crippen molar-refractivity contribution in [2.75, 3.05) is 5.73 Å². The Bertz CT molecular complexity index is 447. The molecule has 4 nitrogen and oxygen atoms in total. The molecule has 2 N–H and O–H groups in total. The van der Waals surface area contributed by atoms with Gasteiger partial charge in [0.25, 0.3) is 0 Å². The summed E-state index contributed by atoms with van der Waals surface area (Å²) in [5, 5.41) is 0.855. The standard InChI is InChI=1S/C9H11N3O/c1-3-6-4-13-9-7(6)8(10)11-5(2)12-9/h4H,3H2,1-2H3,(H2,10,11,12). The number of nitrogens with zero attached hydrogens (tertiary/aromatic N) is 2. The second-order valence-electron chi connectivity index (χ2n) is 2.95. The van der Waals surface area contributed by atoms with Crippen molar-refractivity contribution >= 4 is 16.9 Å². The molecule has 0 saturated carbocycles. The highest BCUT2D eigenvalue weighted by Crippen LogP contribution is 2.24. The zero-order valence-corrected chi connectivity index (χ0v) is 7.66. The Morgan fingerprint density at radius 3 is 2.92 bits per heavy atom. The van der Waals surface area contributed by atoms with E-state index in [2.05, 4.69) is 9.97 Å². The van der Waals surface area contributed by atoms with Crippen LogP contribution in [-0.4, -0.2) is 9.97 Å². The van der Waals surface area contributed by atoms with Gasteiger partial charge in [0.15, 0.2) is 0 Å². The lowest BCUT2D eigenvalue weighted by molar-refractivity contribution is 0.597. The van der Waals surface area contributed by atoms with Crippen LogP contribution in [0.25, 0.3) is 11.1 Å². The van der Waals surface area contributed by atoms with E-state index in [1.54, 1.807) is 13.2 Å². The smallest absolute Gasteiger partial charge is 0.231 e. The summed E-state index contributed by atoms with van der Waals surface area (Å²) in [5.74, 6) is 1.15. The number of furan rings is 1. The van der Waals surface area contributed by atoms with Crippen LogP contribution in [0.2, 0.25) is 0 Å². The summed E-state index contributed by atoms with van der Waals surface area (Å²) in [6.07, 6.45) is 2.57. The Labute approximate surface area is 75.8 Å². The number of hydrogen-bond acceptors (Lipinski definition) is 4. The fourth-order valence-corrected chi connectivity index (χ4v) is 1.40. The highest BCUT2D eigenvalue weighted by Gasteiger charge is 2.10. The first-order chi connectivity index (χ1) is 6.22. The van der Waals surface area contributed by atoms with Crippen molar-refractivity contribution in [1.82, 2.24) is 9.97 Å². The third-order valence-corrected chi connectivity index (χ3v) is 2.03. The molecule has 2 aromatic heterocycles. The lowest BCUT2D eigenvalue weighted by Crippen LogP contribution is -1.96. The number of rotatable bonds is 1. The number of anilines is 1. The first-order valence-electron chi connectivity index (χ1n) is 4.22. The van der Waals surface area contributed by atoms with Crippen LogP contribution < -0.4 is 5.73 Å². The van der Waals surface area contributed by atoms with Gasteiger partial charge in [-0.1, -0.05) is 6.92 Å². The SMILES string of the molecule is CCc1coc2nc(C)nc(N)c12. The molecule has 0 fully saturated rings. The van der Waals surface area contributed by atoms with E-state index in [9.17, 15) is 0 Å². The Morgan fingerprint density at radius 2 is 2.23 bits per heavy atom. The molecule has 0 unspecified atom stereocenters. The van der Waals surface area contributed by atoms with Crippen molar-refractivity contribution in [2.24, 2.45) is 0 Å². The number of nitrogen functional groups attached to an aromatic ring is 1. The number of aromatic nitrogens is 2. The van der Waals surface area contributed by atoms with Gasteiger partial charge in [0.2, 0.25) is 5.71 Å². The van der Waals surface area contributed by atoms with Crippen LogP contribution >= 0.6 is 0 Å². The lowest BCUT2D eigenvalue weighted by atomic mass is 10.2. The molecule has 0 aliphatic heterocycles. The van der Waals surface area contributed by atoms with E-state index in [0.29, 0.717) is 17.4 Å². The highest BCUT2D eigenvalue weighted by atomic mass is 16.3. The summed E-state index contributed by atoms with van der Waals surface area (Å²) < 4.78 is 5.27. The second kappa shape index (κ2) is 2.73. The number of nitrogens with two attached hydrogens (primary N) is 1. The van der Waals surface area contributed by atoms with E-state index >= 15 is 0 Å². The molecule has 0 atom stereocenters. The molecule has 0 aliphatic carbocycles. The van der Waals surface area contributed by atoms with Gasteiger partial charge < -0.3 is 10.2 Å². The molecule has 13 heavy (non-hydrogen) atoms. The van der Waals surface area contributed by atoms with Gasteiger partial charge in [-0.05, 0) is 13.3 Å². The Kier molecular flexibility index (Phi) is 1.69. The van der Waals surface area contributed by atoms with Crippen molar-refractivity contribution in [3.63, 3.8) is 0 Å². The molecule has 0 saturated heterocycles. The molecule has 2 rings (SSSR count). The van der Waals surface area contributed by atoms with Crippen LogP contribution in [0, 0.1) is 6.92 Å². The molecule has 0 radical (unpaired) electrons. The van der Waals surface area contributed by atoms with Gasteiger partial charge in [0.05, 0.1) is 11.6 Å². The van der Waals surface area contributed by atoms with Crippen molar-refractivity contribution < 1.29 is 4.42 Å². The zero-order chi connectivity index (χ0) is 9.42. The summed E-state index contributed by atoms with van der Waals surface area (Å²) in [5.41, 5.74) is 7.41. The molecular weight excluding hydrogens is 166 g/mol. The second-order valence-corrected chi connectivity index (χ2v) is 2.95. The van der Waals surface area contributed by atoms with Crippen LogP contribution in [0.15, 0.2) is 10.7 Å². The van der Waals surface area contributed by atoms with E-state index in [4.69, 9.17) is 10.2 Å². The van der Waals surface area contributed by atoms with Gasteiger partial charge in [-0.15, -0.1) is 0 Å². The fraction of sp³-hybridized carbons (Fsp3) is 0.333. The summed E-state index contributed by atoms with van der Waals surface area (Å²) in [6, 6.07) is 0. The predicted octanol–water partition coefficient (Wildman–Crippen LogP) is 1.68. The first kappa shape index (κ1) is 8.04. The van der Waals surface area contributed by atoms with E-state index in [1.807, 2.05) is 6.92 Å². The van der Waals surface area contributed by atoms with Crippen LogP contribution in [-0.2, 0) is 6.42 Å². The highest BCUT2D eigenvalue weighted by molar-refractivity contribution is 5.87. The minimum absolute atomic E-state index is 0.508. The quantitative estimate of drug-likeness (QED) is 0.719. The summed E-state index contributed by atoms with van der Waals surface area (Å²) in [4.78, 5) is 8.24. The first-order valence-corrected chi connectivity index (χ1v) is 4.22. The van der Waals surface area contributed by atoms with E-state index in [-0.39, 0.29) is 0 Å². The number of fused-ring (bicyclic) bond motifs is 1. The molecule has 0 aromatic carbocycles. The maximum Gasteiger partial charge on any atom is 0.231 e. The maximum absolute atomic E-state index is 5.77. The van der Waals surface area contributed by atoms with Crippen molar-refractivity contribution in [3.05, 3.63) is 17.7 Å². The third kappa shape index (κ3) is 1.14. The van der Waals surface area contributed by atoms with Crippen molar-refractivity contribution in [1.29, 1.82) is 0 Å². The van der Waals surface area contributed by atoms with Gasteiger partial charge in [0, 0.05) is 5.56 Å². The fourth-order valence-electron chi connectivity index (χ4n) is 1.40. The molecule has 0 amide bonds. The number of aryl methyl sites for hydroxylation is 2. The van der Waals surface area contributed by atoms with Crippen LogP contribution in [0.4, 0.5) is 5.82 Å². The average molecular weight is 177 g/mol. The topological polar surface area (TPSA) is 64.9 Å². The average Bonchev–Trinajstić information content (AvgIpc) is 2.47. The summed E-state index contributed by atoms with van der Waals surface area (Å²) in [6.45, 7) is 3.84. The van der Waals surface area contributed by atoms with E-state index in [0.717, 1.165) is 17.4 Å². The van der Waals surface area contributed by atoms with Crippen LogP contribution in [0.5, 0.6) is 0 Å². The molecule has 2 aromatic rings. The van der Waals surface area contributed by atoms with E-state index in [1.165, 1.54) is 0 Å². The van der Waals surface area contributed by atoms with Crippen molar-refractivity contribution in [3.8, 4) is 0 Å². The largest absolute Gasteiger partial charge is 0.446 e. The molecule has 0 spiro atoms. The Balaban J connectivity index is 2.82. The summed E-state index contributed by atoms with van der Waals surface area (Å²) >= 11 is 0. The zero-order valence-electron chi connectivity index (χ0n) is 7.66. The maximum atomic E-state index is 5.77. The minimum atomic E-state index is 0.508. The van der Waals surface area contributed by atoms with E-state index < -0.39 is 0 Å². The summed E-state index contributed by atoms with van der Waals surface area (Å²) in [7, 11) is 0. The Morgan fingerprint density at radius 1 is 1.46 bits per heavy atom. The minimum Gasteiger partial charge on any atom is -0.446 e. The van der Waals surface area contributed by atoms with Crippen molar-refractivity contribution in [2.45, 2.75) is 20.3 Å². The van der Waals surface area contributed by atoms with Gasteiger partial charge in [-0.25, -0.2) is 4.98 Å². The number of hydrogen-bond donors (Lipinski definition) is 1. The molecule has 68 valence electrons. The monoisotopic (exact) mass is 177 g/mol. The molecular formula is C9H11N3O. The molecule has 0 bridgehead atoms. The lowest BCUT2D eigenvalue weighted by Gasteiger charge is -1.97. The normalized spacial score (nSPS) is 10.9. The predicted molar refractivity (Wildman–Crippen MR) is 50.3 cm³/mol. The molecule has 0 aliphatic rings. The third-order valence-electron chi connectivity index (χ3n) is 2.03. The van der Waals surface area contributed by atoms with Gasteiger partial charge in [-0.2, -0.15) is 4.98 Å².